The number of aliphatic carboxylic acids is 2. The van der Waals surface area contributed by atoms with Crippen molar-refractivity contribution in [2.45, 2.75) is 50.5 Å². The number of likely N-dealkylation sites (tertiary alicyclic amines) is 1. The van der Waals surface area contributed by atoms with Gasteiger partial charge in [0.05, 0.1) is 6.04 Å². The molecule has 1 amide bonds. The number of alkyl halides is 6. The Kier molecular flexibility index (Phi) is 13.2. The predicted octanol–water partition coefficient (Wildman–Crippen LogP) is 1.33. The number of carbonyl (C=O) groups is 3. The second kappa shape index (κ2) is 13.1. The molecule has 0 unspecified atom stereocenters. The molecule has 1 saturated heterocycles. The molecule has 6 N–H and O–H groups in total. The molecule has 166 valence electrons. The molecule has 14 heteroatoms. The zero-order valence-electron chi connectivity index (χ0n) is 14.7. The number of piperidine rings is 1. The number of amides is 1. The van der Waals surface area contributed by atoms with Crippen LogP contribution in [0, 0.1) is 0 Å². The maximum Gasteiger partial charge on any atom is 0.490 e. The van der Waals surface area contributed by atoms with E-state index in [4.69, 9.17) is 31.3 Å². The molecule has 1 atom stereocenters. The SMILES string of the molecule is NCCC[C@H](N)C(=O)N1CCCCC1.O=C(O)C(F)(F)F.O=C(O)C(F)(F)F. The molecular weight excluding hydrogens is 404 g/mol. The monoisotopic (exact) mass is 427 g/mol. The van der Waals surface area contributed by atoms with Crippen molar-refractivity contribution in [3.8, 4) is 0 Å². The quantitative estimate of drug-likeness (QED) is 0.495. The third-order valence-electron chi connectivity index (χ3n) is 3.19. The van der Waals surface area contributed by atoms with Gasteiger partial charge in [-0.25, -0.2) is 9.59 Å². The second-order valence-corrected chi connectivity index (χ2v) is 5.53. The molecule has 0 aliphatic carbocycles. The Morgan fingerprint density at radius 1 is 0.893 bits per heavy atom. The van der Waals surface area contributed by atoms with Crippen molar-refractivity contribution in [1.82, 2.24) is 4.90 Å². The van der Waals surface area contributed by atoms with Gasteiger partial charge in [-0.2, -0.15) is 26.3 Å². The summed E-state index contributed by atoms with van der Waals surface area (Å²) in [4.78, 5) is 31.4. The zero-order valence-corrected chi connectivity index (χ0v) is 14.7. The Hall–Kier alpha value is -2.09. The van der Waals surface area contributed by atoms with Crippen molar-refractivity contribution in [3.63, 3.8) is 0 Å². The first-order chi connectivity index (χ1) is 12.6. The minimum atomic E-state index is -5.08. The lowest BCUT2D eigenvalue weighted by Crippen LogP contribution is -2.46. The van der Waals surface area contributed by atoms with E-state index in [1.807, 2.05) is 4.90 Å². The number of halogens is 6. The Balaban J connectivity index is 0. The van der Waals surface area contributed by atoms with E-state index in [1.54, 1.807) is 0 Å². The van der Waals surface area contributed by atoms with Gasteiger partial charge in [0.2, 0.25) is 5.91 Å². The van der Waals surface area contributed by atoms with Crippen LogP contribution in [0.4, 0.5) is 26.3 Å². The van der Waals surface area contributed by atoms with Gasteiger partial charge in [-0.1, -0.05) is 0 Å². The second-order valence-electron chi connectivity index (χ2n) is 5.53. The highest BCUT2D eigenvalue weighted by atomic mass is 19.4. The van der Waals surface area contributed by atoms with Crippen LogP contribution in [0.2, 0.25) is 0 Å². The van der Waals surface area contributed by atoms with Gasteiger partial charge in [0.1, 0.15) is 0 Å². The summed E-state index contributed by atoms with van der Waals surface area (Å²) < 4.78 is 63.5. The van der Waals surface area contributed by atoms with Crippen LogP contribution in [0.15, 0.2) is 0 Å². The highest BCUT2D eigenvalue weighted by molar-refractivity contribution is 5.81. The molecule has 0 aromatic carbocycles. The van der Waals surface area contributed by atoms with E-state index in [1.165, 1.54) is 6.42 Å². The van der Waals surface area contributed by atoms with Gasteiger partial charge in [0.25, 0.3) is 0 Å². The van der Waals surface area contributed by atoms with Crippen LogP contribution in [0.5, 0.6) is 0 Å². The maximum absolute atomic E-state index is 11.8. The van der Waals surface area contributed by atoms with Crippen molar-refractivity contribution in [2.24, 2.45) is 11.5 Å². The van der Waals surface area contributed by atoms with Gasteiger partial charge in [-0.15, -0.1) is 0 Å². The molecule has 0 aromatic heterocycles. The van der Waals surface area contributed by atoms with Gasteiger partial charge in [-0.05, 0) is 38.6 Å². The highest BCUT2D eigenvalue weighted by Crippen LogP contribution is 2.14. The third kappa shape index (κ3) is 14.0. The van der Waals surface area contributed by atoms with E-state index < -0.39 is 24.3 Å². The summed E-state index contributed by atoms with van der Waals surface area (Å²) in [6, 6.07) is -0.336. The van der Waals surface area contributed by atoms with Crippen LogP contribution >= 0.6 is 0 Å². The average Bonchev–Trinajstić information content (AvgIpc) is 2.59. The van der Waals surface area contributed by atoms with Crippen LogP contribution in [0.3, 0.4) is 0 Å². The van der Waals surface area contributed by atoms with E-state index in [0.717, 1.165) is 32.4 Å². The van der Waals surface area contributed by atoms with Crippen LogP contribution < -0.4 is 11.5 Å². The number of rotatable bonds is 4. The van der Waals surface area contributed by atoms with Gasteiger partial charge >= 0.3 is 24.3 Å². The van der Waals surface area contributed by atoms with E-state index in [9.17, 15) is 31.1 Å². The Bertz CT molecular complexity index is 469. The van der Waals surface area contributed by atoms with E-state index >= 15 is 0 Å². The summed E-state index contributed by atoms with van der Waals surface area (Å²) >= 11 is 0. The standard InChI is InChI=1S/C10H21N3O.2C2HF3O2/c11-6-4-5-9(12)10(14)13-7-2-1-3-8-13;2*3-2(4,5)1(6)7/h9H,1-8,11-12H2;2*(H,6,7)/t9-;;/m0../s1. The molecular formula is C14H23F6N3O5. The summed E-state index contributed by atoms with van der Waals surface area (Å²) in [5.41, 5.74) is 11.2. The minimum Gasteiger partial charge on any atom is -0.475 e. The summed E-state index contributed by atoms with van der Waals surface area (Å²) in [6.07, 6.45) is -5.14. The van der Waals surface area contributed by atoms with Crippen LogP contribution in [-0.4, -0.2) is 71.0 Å². The molecule has 28 heavy (non-hydrogen) atoms. The normalized spacial score (nSPS) is 15.4. The molecule has 0 bridgehead atoms. The molecule has 0 aromatic rings. The minimum absolute atomic E-state index is 0.109. The zero-order chi connectivity index (χ0) is 22.5. The molecule has 0 spiro atoms. The summed E-state index contributed by atoms with van der Waals surface area (Å²) in [6.45, 7) is 2.38. The Morgan fingerprint density at radius 2 is 1.25 bits per heavy atom. The lowest BCUT2D eigenvalue weighted by atomic mass is 10.1. The maximum atomic E-state index is 11.8. The topological polar surface area (TPSA) is 147 Å². The Morgan fingerprint density at radius 3 is 1.54 bits per heavy atom. The van der Waals surface area contributed by atoms with E-state index in [-0.39, 0.29) is 11.9 Å². The van der Waals surface area contributed by atoms with Crippen LogP contribution in [0.1, 0.15) is 32.1 Å². The number of nitrogens with zero attached hydrogens (tertiary/aromatic N) is 1. The molecule has 0 saturated carbocycles. The third-order valence-corrected chi connectivity index (χ3v) is 3.19. The first-order valence-corrected chi connectivity index (χ1v) is 7.99. The van der Waals surface area contributed by atoms with Crippen molar-refractivity contribution in [1.29, 1.82) is 0 Å². The molecule has 0 radical (unpaired) electrons. The average molecular weight is 427 g/mol. The van der Waals surface area contributed by atoms with Gasteiger partial charge < -0.3 is 26.6 Å². The molecule has 1 aliphatic heterocycles. The largest absolute Gasteiger partial charge is 0.490 e. The van der Waals surface area contributed by atoms with E-state index in [2.05, 4.69) is 0 Å². The number of hydrogen-bond donors (Lipinski definition) is 4. The van der Waals surface area contributed by atoms with Gasteiger partial charge in [0.15, 0.2) is 0 Å². The summed E-state index contributed by atoms with van der Waals surface area (Å²) in [5, 5.41) is 14.2. The Labute approximate surface area is 156 Å². The lowest BCUT2D eigenvalue weighted by molar-refractivity contribution is -0.193. The number of carboxylic acid groups (broad SMARTS) is 2. The smallest absolute Gasteiger partial charge is 0.475 e. The number of carbonyl (C=O) groups excluding carboxylic acids is 1. The number of carboxylic acids is 2. The fourth-order valence-electron chi connectivity index (χ4n) is 1.81. The molecule has 1 rings (SSSR count). The van der Waals surface area contributed by atoms with Crippen molar-refractivity contribution in [3.05, 3.63) is 0 Å². The fourth-order valence-corrected chi connectivity index (χ4v) is 1.81. The van der Waals surface area contributed by atoms with Crippen molar-refractivity contribution in [2.75, 3.05) is 19.6 Å². The van der Waals surface area contributed by atoms with E-state index in [0.29, 0.717) is 13.0 Å². The molecule has 1 aliphatic rings. The molecule has 1 fully saturated rings. The van der Waals surface area contributed by atoms with Gasteiger partial charge in [-0.3, -0.25) is 4.79 Å². The lowest BCUT2D eigenvalue weighted by Gasteiger charge is -2.29. The number of nitrogens with two attached hydrogens (primary N) is 2. The van der Waals surface area contributed by atoms with Crippen molar-refractivity contribution >= 4 is 17.8 Å². The first kappa shape index (κ1) is 28.1. The highest BCUT2D eigenvalue weighted by Gasteiger charge is 2.38. The summed E-state index contributed by atoms with van der Waals surface area (Å²) in [5.74, 6) is -5.40. The first-order valence-electron chi connectivity index (χ1n) is 7.99. The van der Waals surface area contributed by atoms with Crippen LogP contribution in [-0.2, 0) is 14.4 Å². The van der Waals surface area contributed by atoms with Crippen molar-refractivity contribution < 1.29 is 50.9 Å². The molecule has 8 nitrogen and oxygen atoms in total. The predicted molar refractivity (Wildman–Crippen MR) is 84.1 cm³/mol. The van der Waals surface area contributed by atoms with Crippen LogP contribution in [0.25, 0.3) is 0 Å². The number of hydrogen-bond acceptors (Lipinski definition) is 5. The summed E-state index contributed by atoms with van der Waals surface area (Å²) in [7, 11) is 0. The molecule has 1 heterocycles. The van der Waals surface area contributed by atoms with Gasteiger partial charge in [0, 0.05) is 13.1 Å². The fraction of sp³-hybridized carbons (Fsp3) is 0.786.